The quantitative estimate of drug-likeness (QED) is 0.713. The average molecular weight is 185 g/mol. The molecule has 1 fully saturated rings. The number of rotatable bonds is 4. The largest absolute Gasteiger partial charge is 0.381 e. The van der Waals surface area contributed by atoms with Crippen molar-refractivity contribution < 1.29 is 9.53 Å². The van der Waals surface area contributed by atoms with Gasteiger partial charge in [-0.15, -0.1) is 0 Å². The Morgan fingerprint density at radius 3 is 2.69 bits per heavy atom. The number of nitrogens with two attached hydrogens (primary N) is 1. The second-order valence-electron chi connectivity index (χ2n) is 3.74. The standard InChI is InChI=1S/C10H19NO2/c1-2-9(11)10(12)7-8-3-5-13-6-4-8/h8-9H,2-7,11H2,1H3. The maximum absolute atomic E-state index is 11.5. The zero-order valence-electron chi connectivity index (χ0n) is 8.29. The predicted molar refractivity (Wildman–Crippen MR) is 51.4 cm³/mol. The van der Waals surface area contributed by atoms with Gasteiger partial charge in [0.05, 0.1) is 6.04 Å². The SMILES string of the molecule is CCC(N)C(=O)CC1CCOCC1. The molecule has 0 radical (unpaired) electrons. The molecule has 1 saturated heterocycles. The zero-order chi connectivity index (χ0) is 9.68. The van der Waals surface area contributed by atoms with Crippen LogP contribution in [0.25, 0.3) is 0 Å². The fourth-order valence-electron chi connectivity index (χ4n) is 1.61. The first kappa shape index (κ1) is 10.7. The van der Waals surface area contributed by atoms with Crippen LogP contribution in [-0.2, 0) is 9.53 Å². The van der Waals surface area contributed by atoms with Gasteiger partial charge in [-0.1, -0.05) is 6.92 Å². The first-order valence-electron chi connectivity index (χ1n) is 5.10. The first-order chi connectivity index (χ1) is 6.24. The summed E-state index contributed by atoms with van der Waals surface area (Å²) in [5.41, 5.74) is 5.65. The third-order valence-electron chi connectivity index (χ3n) is 2.68. The fourth-order valence-corrected chi connectivity index (χ4v) is 1.61. The highest BCUT2D eigenvalue weighted by Crippen LogP contribution is 2.19. The lowest BCUT2D eigenvalue weighted by molar-refractivity contribution is -0.121. The molecule has 0 aromatic heterocycles. The van der Waals surface area contributed by atoms with E-state index in [4.69, 9.17) is 10.5 Å². The van der Waals surface area contributed by atoms with Crippen LogP contribution in [0.15, 0.2) is 0 Å². The minimum Gasteiger partial charge on any atom is -0.381 e. The molecule has 2 N–H and O–H groups in total. The van der Waals surface area contributed by atoms with Gasteiger partial charge in [0, 0.05) is 19.6 Å². The zero-order valence-corrected chi connectivity index (χ0v) is 8.29. The third kappa shape index (κ3) is 3.44. The number of Topliss-reactive ketones (excluding diaryl/α,β-unsaturated/α-hetero) is 1. The van der Waals surface area contributed by atoms with E-state index in [0.717, 1.165) is 32.5 Å². The van der Waals surface area contributed by atoms with Crippen molar-refractivity contribution in [1.82, 2.24) is 0 Å². The van der Waals surface area contributed by atoms with Crippen molar-refractivity contribution in [2.24, 2.45) is 11.7 Å². The summed E-state index contributed by atoms with van der Waals surface area (Å²) in [6, 6.07) is -0.247. The smallest absolute Gasteiger partial charge is 0.149 e. The Morgan fingerprint density at radius 2 is 2.15 bits per heavy atom. The van der Waals surface area contributed by atoms with Crippen molar-refractivity contribution in [3.8, 4) is 0 Å². The van der Waals surface area contributed by atoms with Crippen molar-refractivity contribution in [1.29, 1.82) is 0 Å². The van der Waals surface area contributed by atoms with E-state index in [1.807, 2.05) is 6.92 Å². The molecule has 1 unspecified atom stereocenters. The molecular formula is C10H19NO2. The van der Waals surface area contributed by atoms with Crippen molar-refractivity contribution in [2.45, 2.75) is 38.6 Å². The number of carbonyl (C=O) groups is 1. The molecule has 1 aliphatic rings. The van der Waals surface area contributed by atoms with Crippen LogP contribution in [0.5, 0.6) is 0 Å². The maximum atomic E-state index is 11.5. The molecule has 0 bridgehead atoms. The number of hydrogen-bond donors (Lipinski definition) is 1. The van der Waals surface area contributed by atoms with E-state index in [-0.39, 0.29) is 11.8 Å². The predicted octanol–water partition coefficient (Wildman–Crippen LogP) is 1.11. The van der Waals surface area contributed by atoms with E-state index in [1.165, 1.54) is 0 Å². The van der Waals surface area contributed by atoms with Gasteiger partial charge < -0.3 is 10.5 Å². The van der Waals surface area contributed by atoms with Crippen molar-refractivity contribution in [3.63, 3.8) is 0 Å². The summed E-state index contributed by atoms with van der Waals surface area (Å²) in [6.07, 6.45) is 3.44. The molecule has 1 atom stereocenters. The Kier molecular flexibility index (Phi) is 4.39. The van der Waals surface area contributed by atoms with Gasteiger partial charge >= 0.3 is 0 Å². The van der Waals surface area contributed by atoms with Gasteiger partial charge in [0.15, 0.2) is 0 Å². The van der Waals surface area contributed by atoms with Crippen LogP contribution in [0.3, 0.4) is 0 Å². The van der Waals surface area contributed by atoms with Crippen LogP contribution in [0, 0.1) is 5.92 Å². The van der Waals surface area contributed by atoms with Gasteiger partial charge in [-0.25, -0.2) is 0 Å². The van der Waals surface area contributed by atoms with E-state index >= 15 is 0 Å². The van der Waals surface area contributed by atoms with Gasteiger partial charge in [0.2, 0.25) is 0 Å². The van der Waals surface area contributed by atoms with Gasteiger partial charge in [0.25, 0.3) is 0 Å². The van der Waals surface area contributed by atoms with Crippen LogP contribution in [-0.4, -0.2) is 25.0 Å². The van der Waals surface area contributed by atoms with E-state index in [0.29, 0.717) is 12.3 Å². The van der Waals surface area contributed by atoms with E-state index in [9.17, 15) is 4.79 Å². The molecule has 1 aliphatic heterocycles. The van der Waals surface area contributed by atoms with Crippen LogP contribution in [0.4, 0.5) is 0 Å². The summed E-state index contributed by atoms with van der Waals surface area (Å²) in [5.74, 6) is 0.730. The molecule has 3 nitrogen and oxygen atoms in total. The second kappa shape index (κ2) is 5.35. The summed E-state index contributed by atoms with van der Waals surface area (Å²) in [7, 11) is 0. The highest BCUT2D eigenvalue weighted by Gasteiger charge is 2.20. The summed E-state index contributed by atoms with van der Waals surface area (Å²) < 4.78 is 5.23. The van der Waals surface area contributed by atoms with Crippen LogP contribution >= 0.6 is 0 Å². The number of hydrogen-bond acceptors (Lipinski definition) is 3. The van der Waals surface area contributed by atoms with Gasteiger partial charge in [-0.3, -0.25) is 4.79 Å². The maximum Gasteiger partial charge on any atom is 0.149 e. The Bertz CT molecular complexity index is 164. The molecule has 1 rings (SSSR count). The number of ketones is 1. The Labute approximate surface area is 79.6 Å². The Morgan fingerprint density at radius 1 is 1.54 bits per heavy atom. The van der Waals surface area contributed by atoms with Crippen LogP contribution < -0.4 is 5.73 Å². The first-order valence-corrected chi connectivity index (χ1v) is 5.10. The summed E-state index contributed by atoms with van der Waals surface area (Å²) >= 11 is 0. The molecule has 0 aromatic rings. The molecular weight excluding hydrogens is 166 g/mol. The van der Waals surface area contributed by atoms with Crippen molar-refractivity contribution in [2.75, 3.05) is 13.2 Å². The fraction of sp³-hybridized carbons (Fsp3) is 0.900. The normalized spacial score (nSPS) is 21.4. The number of carbonyl (C=O) groups excluding carboxylic acids is 1. The minimum atomic E-state index is -0.247. The van der Waals surface area contributed by atoms with Crippen LogP contribution in [0.2, 0.25) is 0 Å². The molecule has 0 aromatic carbocycles. The van der Waals surface area contributed by atoms with Gasteiger partial charge in [-0.2, -0.15) is 0 Å². The Hall–Kier alpha value is -0.410. The van der Waals surface area contributed by atoms with E-state index in [2.05, 4.69) is 0 Å². The van der Waals surface area contributed by atoms with Crippen LogP contribution in [0.1, 0.15) is 32.6 Å². The molecule has 13 heavy (non-hydrogen) atoms. The molecule has 76 valence electrons. The molecule has 0 spiro atoms. The monoisotopic (exact) mass is 185 g/mol. The lowest BCUT2D eigenvalue weighted by Gasteiger charge is -2.22. The molecule has 0 aliphatic carbocycles. The van der Waals surface area contributed by atoms with Gasteiger partial charge in [0.1, 0.15) is 5.78 Å². The number of ether oxygens (including phenoxy) is 1. The topological polar surface area (TPSA) is 52.3 Å². The second-order valence-corrected chi connectivity index (χ2v) is 3.74. The van der Waals surface area contributed by atoms with E-state index < -0.39 is 0 Å². The van der Waals surface area contributed by atoms with E-state index in [1.54, 1.807) is 0 Å². The highest BCUT2D eigenvalue weighted by molar-refractivity contribution is 5.83. The average Bonchev–Trinajstić information content (AvgIpc) is 2.18. The van der Waals surface area contributed by atoms with Crippen molar-refractivity contribution >= 4 is 5.78 Å². The summed E-state index contributed by atoms with van der Waals surface area (Å²) in [4.78, 5) is 11.5. The third-order valence-corrected chi connectivity index (χ3v) is 2.68. The molecule has 0 amide bonds. The van der Waals surface area contributed by atoms with Gasteiger partial charge in [-0.05, 0) is 25.2 Å². The van der Waals surface area contributed by atoms with Crippen molar-refractivity contribution in [3.05, 3.63) is 0 Å². The summed E-state index contributed by atoms with van der Waals surface area (Å²) in [6.45, 7) is 3.56. The minimum absolute atomic E-state index is 0.217. The lowest BCUT2D eigenvalue weighted by atomic mass is 9.92. The Balaban J connectivity index is 2.26. The molecule has 1 heterocycles. The summed E-state index contributed by atoms with van der Waals surface area (Å²) in [5, 5.41) is 0. The lowest BCUT2D eigenvalue weighted by Crippen LogP contribution is -2.32. The molecule has 3 heteroatoms. The highest BCUT2D eigenvalue weighted by atomic mass is 16.5. The molecule has 0 saturated carbocycles.